The van der Waals surface area contributed by atoms with E-state index in [1.807, 2.05) is 11.3 Å². The van der Waals surface area contributed by atoms with E-state index in [4.69, 9.17) is 4.98 Å². The smallest absolute Gasteiger partial charge is 0.111 e. The highest BCUT2D eigenvalue weighted by atomic mass is 79.9. The van der Waals surface area contributed by atoms with Crippen molar-refractivity contribution in [2.75, 3.05) is 19.6 Å². The van der Waals surface area contributed by atoms with Crippen LogP contribution in [0.3, 0.4) is 0 Å². The predicted molar refractivity (Wildman–Crippen MR) is 91.9 cm³/mol. The van der Waals surface area contributed by atoms with Crippen LogP contribution < -0.4 is 5.32 Å². The maximum absolute atomic E-state index is 4.92. The van der Waals surface area contributed by atoms with Gasteiger partial charge in [0.2, 0.25) is 0 Å². The second-order valence-electron chi connectivity index (χ2n) is 6.04. The molecule has 2 aromatic rings. The van der Waals surface area contributed by atoms with Crippen LogP contribution in [0.2, 0.25) is 0 Å². The summed E-state index contributed by atoms with van der Waals surface area (Å²) in [6, 6.07) is 7.70. The van der Waals surface area contributed by atoms with E-state index in [-0.39, 0.29) is 0 Å². The zero-order chi connectivity index (χ0) is 14.2. The first kappa shape index (κ1) is 14.1. The van der Waals surface area contributed by atoms with Crippen LogP contribution >= 0.6 is 27.3 Å². The fraction of sp³-hybridized carbons (Fsp3) is 0.562. The molecule has 0 saturated carbocycles. The van der Waals surface area contributed by atoms with Gasteiger partial charge in [-0.1, -0.05) is 15.9 Å². The van der Waals surface area contributed by atoms with E-state index >= 15 is 0 Å². The summed E-state index contributed by atoms with van der Waals surface area (Å²) in [5.74, 6) is 0. The average Bonchev–Trinajstić information content (AvgIpc) is 3.13. The summed E-state index contributed by atoms with van der Waals surface area (Å²) < 4.78 is 2.45. The third-order valence-electron chi connectivity index (χ3n) is 4.72. The van der Waals surface area contributed by atoms with Crippen molar-refractivity contribution in [2.45, 2.75) is 37.8 Å². The van der Waals surface area contributed by atoms with Gasteiger partial charge < -0.3 is 5.32 Å². The summed E-state index contributed by atoms with van der Waals surface area (Å²) in [5, 5.41) is 4.79. The number of aromatic nitrogens is 1. The number of fused-ring (bicyclic) bond motifs is 1. The van der Waals surface area contributed by atoms with Crippen molar-refractivity contribution < 1.29 is 0 Å². The molecule has 4 rings (SSSR count). The molecule has 1 aromatic heterocycles. The molecule has 1 atom stereocenters. The molecule has 3 heterocycles. The third kappa shape index (κ3) is 2.77. The Hall–Kier alpha value is -0.490. The average molecular weight is 366 g/mol. The number of likely N-dealkylation sites (tertiary alicyclic amines) is 1. The Morgan fingerprint density at radius 2 is 2.10 bits per heavy atom. The summed E-state index contributed by atoms with van der Waals surface area (Å²) >= 11 is 5.44. The van der Waals surface area contributed by atoms with Crippen LogP contribution in [0.5, 0.6) is 0 Å². The number of halogens is 1. The molecular weight excluding hydrogens is 346 g/mol. The van der Waals surface area contributed by atoms with Crippen molar-refractivity contribution in [2.24, 2.45) is 0 Å². The minimum atomic E-state index is 0.546. The number of rotatable bonds is 2. The number of nitrogens with one attached hydrogen (secondary N) is 1. The number of hydrogen-bond donors (Lipinski definition) is 1. The lowest BCUT2D eigenvalue weighted by molar-refractivity contribution is 0.148. The van der Waals surface area contributed by atoms with E-state index < -0.39 is 0 Å². The Bertz CT molecular complexity index is 635. The van der Waals surface area contributed by atoms with Gasteiger partial charge in [0, 0.05) is 10.5 Å². The predicted octanol–water partition coefficient (Wildman–Crippen LogP) is 3.95. The first-order valence-electron chi connectivity index (χ1n) is 7.84. The molecule has 0 aliphatic carbocycles. The Balaban J connectivity index is 1.63. The van der Waals surface area contributed by atoms with Crippen LogP contribution in [0.4, 0.5) is 0 Å². The number of benzene rings is 1. The van der Waals surface area contributed by atoms with Crippen LogP contribution in [-0.2, 0) is 0 Å². The van der Waals surface area contributed by atoms with Gasteiger partial charge in [0.05, 0.1) is 16.3 Å². The van der Waals surface area contributed by atoms with Crippen molar-refractivity contribution >= 4 is 37.5 Å². The molecule has 2 saturated heterocycles. The standard InChI is InChI=1S/C16H20BrN3S/c17-11-3-4-13-15(10-11)21-16(19-13)14-2-1-9-20(14)12-5-7-18-8-6-12/h3-4,10,12,14,18H,1-2,5-9H2. The number of piperidine rings is 1. The molecule has 1 aromatic carbocycles. The van der Waals surface area contributed by atoms with Crippen LogP contribution in [0.25, 0.3) is 10.2 Å². The van der Waals surface area contributed by atoms with Crippen LogP contribution in [0, 0.1) is 0 Å². The van der Waals surface area contributed by atoms with Crippen molar-refractivity contribution in [1.82, 2.24) is 15.2 Å². The Morgan fingerprint density at radius 3 is 2.95 bits per heavy atom. The minimum Gasteiger partial charge on any atom is -0.317 e. The van der Waals surface area contributed by atoms with E-state index in [0.717, 1.165) is 16.0 Å². The Kier molecular flexibility index (Phi) is 4.00. The van der Waals surface area contributed by atoms with E-state index in [0.29, 0.717) is 6.04 Å². The molecule has 2 aliphatic heterocycles. The lowest BCUT2D eigenvalue weighted by Crippen LogP contribution is -2.42. The van der Waals surface area contributed by atoms with Crippen molar-refractivity contribution in [3.63, 3.8) is 0 Å². The Labute approximate surface area is 137 Å². The van der Waals surface area contributed by atoms with Gasteiger partial charge in [-0.2, -0.15) is 0 Å². The number of nitrogens with zero attached hydrogens (tertiary/aromatic N) is 2. The highest BCUT2D eigenvalue weighted by molar-refractivity contribution is 9.10. The SMILES string of the molecule is Brc1ccc2nc(C3CCCN3C3CCNCC3)sc2c1. The summed E-state index contributed by atoms with van der Waals surface area (Å²) in [6.07, 6.45) is 5.15. The lowest BCUT2D eigenvalue weighted by Gasteiger charge is -2.35. The molecule has 112 valence electrons. The molecule has 2 fully saturated rings. The fourth-order valence-corrected chi connectivity index (χ4v) is 5.36. The first-order chi connectivity index (χ1) is 10.3. The molecule has 5 heteroatoms. The minimum absolute atomic E-state index is 0.546. The Morgan fingerprint density at radius 1 is 1.24 bits per heavy atom. The van der Waals surface area contributed by atoms with E-state index in [2.05, 4.69) is 44.3 Å². The third-order valence-corrected chi connectivity index (χ3v) is 6.34. The molecule has 0 radical (unpaired) electrons. The van der Waals surface area contributed by atoms with Crippen LogP contribution in [0.1, 0.15) is 36.7 Å². The summed E-state index contributed by atoms with van der Waals surface area (Å²) in [7, 11) is 0. The highest BCUT2D eigenvalue weighted by Crippen LogP contribution is 2.39. The zero-order valence-corrected chi connectivity index (χ0v) is 14.4. The second kappa shape index (κ2) is 5.95. The molecule has 2 aliphatic rings. The van der Waals surface area contributed by atoms with Gasteiger partial charge in [-0.15, -0.1) is 11.3 Å². The molecule has 0 bridgehead atoms. The van der Waals surface area contributed by atoms with Gasteiger partial charge in [-0.25, -0.2) is 4.98 Å². The second-order valence-corrected chi connectivity index (χ2v) is 8.02. The van der Waals surface area contributed by atoms with Gasteiger partial charge in [-0.05, 0) is 63.5 Å². The van der Waals surface area contributed by atoms with Gasteiger partial charge in [0.1, 0.15) is 5.01 Å². The van der Waals surface area contributed by atoms with Crippen molar-refractivity contribution in [1.29, 1.82) is 0 Å². The van der Waals surface area contributed by atoms with Crippen molar-refractivity contribution in [3.8, 4) is 0 Å². The summed E-state index contributed by atoms with van der Waals surface area (Å²) in [4.78, 5) is 7.65. The maximum Gasteiger partial charge on any atom is 0.111 e. The van der Waals surface area contributed by atoms with E-state index in [1.54, 1.807) is 0 Å². The van der Waals surface area contributed by atoms with Crippen LogP contribution in [-0.4, -0.2) is 35.6 Å². The first-order valence-corrected chi connectivity index (χ1v) is 9.45. The summed E-state index contributed by atoms with van der Waals surface area (Å²) in [6.45, 7) is 3.58. The zero-order valence-electron chi connectivity index (χ0n) is 12.0. The molecule has 21 heavy (non-hydrogen) atoms. The molecular formula is C16H20BrN3S. The molecule has 3 nitrogen and oxygen atoms in total. The highest BCUT2D eigenvalue weighted by Gasteiger charge is 2.34. The topological polar surface area (TPSA) is 28.2 Å². The van der Waals surface area contributed by atoms with Gasteiger partial charge in [0.15, 0.2) is 0 Å². The van der Waals surface area contributed by atoms with Gasteiger partial charge in [-0.3, -0.25) is 4.90 Å². The molecule has 1 unspecified atom stereocenters. The summed E-state index contributed by atoms with van der Waals surface area (Å²) in [5.41, 5.74) is 1.15. The number of thiazole rings is 1. The van der Waals surface area contributed by atoms with E-state index in [1.165, 1.54) is 55.0 Å². The molecule has 1 N–H and O–H groups in total. The lowest BCUT2D eigenvalue weighted by atomic mass is 10.0. The monoisotopic (exact) mass is 365 g/mol. The largest absolute Gasteiger partial charge is 0.317 e. The van der Waals surface area contributed by atoms with Gasteiger partial charge in [0.25, 0.3) is 0 Å². The quantitative estimate of drug-likeness (QED) is 0.873. The van der Waals surface area contributed by atoms with Crippen molar-refractivity contribution in [3.05, 3.63) is 27.7 Å². The normalized spacial score (nSPS) is 24.9. The fourth-order valence-electron chi connectivity index (χ4n) is 3.69. The maximum atomic E-state index is 4.92. The van der Waals surface area contributed by atoms with Crippen LogP contribution in [0.15, 0.2) is 22.7 Å². The molecule has 0 spiro atoms. The number of hydrogen-bond acceptors (Lipinski definition) is 4. The molecule has 0 amide bonds. The van der Waals surface area contributed by atoms with E-state index in [9.17, 15) is 0 Å². The van der Waals surface area contributed by atoms with Gasteiger partial charge >= 0.3 is 0 Å².